The van der Waals surface area contributed by atoms with Crippen LogP contribution in [-0.4, -0.2) is 18.0 Å². The minimum absolute atomic E-state index is 0.0812. The highest BCUT2D eigenvalue weighted by Gasteiger charge is 2.23. The van der Waals surface area contributed by atoms with E-state index in [0.717, 1.165) is 18.2 Å². The molecule has 1 amide bonds. The molecule has 5 heteroatoms. The molecular formula is C14H20F2N2O. The summed E-state index contributed by atoms with van der Waals surface area (Å²) in [5.74, 6) is -1.87. The van der Waals surface area contributed by atoms with Crippen LogP contribution in [0.25, 0.3) is 0 Å². The van der Waals surface area contributed by atoms with E-state index in [1.165, 1.54) is 0 Å². The second kappa shape index (κ2) is 6.10. The lowest BCUT2D eigenvalue weighted by molar-refractivity contribution is -0.126. The van der Waals surface area contributed by atoms with Crippen molar-refractivity contribution in [2.75, 3.05) is 6.54 Å². The van der Waals surface area contributed by atoms with Crippen LogP contribution in [0.4, 0.5) is 8.78 Å². The van der Waals surface area contributed by atoms with Crippen LogP contribution in [-0.2, 0) is 11.2 Å². The molecule has 3 N–H and O–H groups in total. The van der Waals surface area contributed by atoms with Gasteiger partial charge in [0.25, 0.3) is 0 Å². The molecule has 1 aromatic carbocycles. The smallest absolute Gasteiger partial charge is 0.225 e. The van der Waals surface area contributed by atoms with E-state index in [0.29, 0.717) is 0 Å². The average Bonchev–Trinajstić information content (AvgIpc) is 2.27. The summed E-state index contributed by atoms with van der Waals surface area (Å²) in [6.45, 7) is 5.63. The van der Waals surface area contributed by atoms with Crippen molar-refractivity contribution in [3.8, 4) is 0 Å². The van der Waals surface area contributed by atoms with Gasteiger partial charge in [-0.2, -0.15) is 0 Å². The first kappa shape index (κ1) is 15.6. The number of carbonyl (C=O) groups excluding carboxylic acids is 1. The Morgan fingerprint density at radius 3 is 2.53 bits per heavy atom. The molecule has 19 heavy (non-hydrogen) atoms. The van der Waals surface area contributed by atoms with Crippen LogP contribution in [0, 0.1) is 17.6 Å². The summed E-state index contributed by atoms with van der Waals surface area (Å²) in [4.78, 5) is 12.0. The van der Waals surface area contributed by atoms with Gasteiger partial charge in [0.2, 0.25) is 5.91 Å². The van der Waals surface area contributed by atoms with Gasteiger partial charge >= 0.3 is 0 Å². The van der Waals surface area contributed by atoms with Gasteiger partial charge in [0, 0.05) is 12.1 Å². The molecule has 0 aliphatic rings. The van der Waals surface area contributed by atoms with E-state index in [2.05, 4.69) is 5.32 Å². The number of benzene rings is 1. The summed E-state index contributed by atoms with van der Waals surface area (Å²) >= 11 is 0. The predicted molar refractivity (Wildman–Crippen MR) is 70.5 cm³/mol. The molecule has 0 aromatic heterocycles. The van der Waals surface area contributed by atoms with Crippen molar-refractivity contribution in [3.05, 3.63) is 35.4 Å². The molecule has 0 fully saturated rings. The van der Waals surface area contributed by atoms with Gasteiger partial charge < -0.3 is 11.1 Å². The lowest BCUT2D eigenvalue weighted by Crippen LogP contribution is -2.46. The summed E-state index contributed by atoms with van der Waals surface area (Å²) in [5, 5.41) is 2.79. The number of rotatable bonds is 4. The van der Waals surface area contributed by atoms with E-state index < -0.39 is 17.6 Å². The summed E-state index contributed by atoms with van der Waals surface area (Å²) in [6, 6.07) is 3.20. The van der Waals surface area contributed by atoms with Crippen LogP contribution >= 0.6 is 0 Å². The standard InChI is InChI=1S/C14H20F2N2O/c1-14(2,3)18-13(19)10(8-17)6-9-7-11(15)4-5-12(9)16/h4-5,7,10H,6,8,17H2,1-3H3,(H,18,19). The minimum atomic E-state index is -0.574. The number of nitrogens with two attached hydrogens (primary N) is 1. The highest BCUT2D eigenvalue weighted by Crippen LogP contribution is 2.15. The molecule has 1 unspecified atom stereocenters. The average molecular weight is 270 g/mol. The normalized spacial score (nSPS) is 13.2. The van der Waals surface area contributed by atoms with Crippen LogP contribution in [0.5, 0.6) is 0 Å². The molecule has 0 aliphatic heterocycles. The zero-order valence-electron chi connectivity index (χ0n) is 11.5. The Labute approximate surface area is 112 Å². The largest absolute Gasteiger partial charge is 0.351 e. The summed E-state index contributed by atoms with van der Waals surface area (Å²) in [7, 11) is 0. The number of hydrogen-bond donors (Lipinski definition) is 2. The summed E-state index contributed by atoms with van der Waals surface area (Å²) < 4.78 is 26.6. The van der Waals surface area contributed by atoms with Crippen LogP contribution in [0.1, 0.15) is 26.3 Å². The Hall–Kier alpha value is -1.49. The SMILES string of the molecule is CC(C)(C)NC(=O)C(CN)Cc1cc(F)ccc1F. The van der Waals surface area contributed by atoms with Crippen molar-refractivity contribution in [3.63, 3.8) is 0 Å². The van der Waals surface area contributed by atoms with Crippen molar-refractivity contribution >= 4 is 5.91 Å². The van der Waals surface area contributed by atoms with Gasteiger partial charge in [-0.1, -0.05) is 0 Å². The van der Waals surface area contributed by atoms with Crippen LogP contribution in [0.15, 0.2) is 18.2 Å². The summed E-state index contributed by atoms with van der Waals surface area (Å²) in [5.41, 5.74) is 5.33. The van der Waals surface area contributed by atoms with Crippen molar-refractivity contribution in [2.45, 2.75) is 32.7 Å². The third kappa shape index (κ3) is 4.95. The first-order valence-corrected chi connectivity index (χ1v) is 6.19. The monoisotopic (exact) mass is 270 g/mol. The van der Waals surface area contributed by atoms with Crippen LogP contribution < -0.4 is 11.1 Å². The molecule has 0 heterocycles. The maximum absolute atomic E-state index is 13.5. The van der Waals surface area contributed by atoms with Crippen LogP contribution in [0.2, 0.25) is 0 Å². The molecule has 1 rings (SSSR count). The van der Waals surface area contributed by atoms with Crippen molar-refractivity contribution in [1.82, 2.24) is 5.32 Å². The van der Waals surface area contributed by atoms with E-state index >= 15 is 0 Å². The van der Waals surface area contributed by atoms with Crippen molar-refractivity contribution < 1.29 is 13.6 Å². The van der Waals surface area contributed by atoms with E-state index in [9.17, 15) is 13.6 Å². The lowest BCUT2D eigenvalue weighted by Gasteiger charge is -2.24. The van der Waals surface area contributed by atoms with Gasteiger partial charge in [-0.15, -0.1) is 0 Å². The Bertz CT molecular complexity index is 455. The molecule has 3 nitrogen and oxygen atoms in total. The second-order valence-corrected chi connectivity index (χ2v) is 5.61. The third-order valence-electron chi connectivity index (χ3n) is 2.63. The molecule has 1 aromatic rings. The highest BCUT2D eigenvalue weighted by molar-refractivity contribution is 5.79. The number of halogens is 2. The van der Waals surface area contributed by atoms with Crippen molar-refractivity contribution in [2.24, 2.45) is 11.7 Å². The number of nitrogens with one attached hydrogen (secondary N) is 1. The first-order chi connectivity index (χ1) is 8.73. The quantitative estimate of drug-likeness (QED) is 0.879. The van der Waals surface area contributed by atoms with E-state index in [1.807, 2.05) is 20.8 Å². The molecule has 0 spiro atoms. The Kier molecular flexibility index (Phi) is 5.00. The Morgan fingerprint density at radius 2 is 2.00 bits per heavy atom. The van der Waals surface area contributed by atoms with Crippen LogP contribution in [0.3, 0.4) is 0 Å². The third-order valence-corrected chi connectivity index (χ3v) is 2.63. The number of hydrogen-bond acceptors (Lipinski definition) is 2. The van der Waals surface area contributed by atoms with Gasteiger partial charge in [-0.25, -0.2) is 8.78 Å². The fourth-order valence-electron chi connectivity index (χ4n) is 1.72. The molecule has 106 valence electrons. The Morgan fingerprint density at radius 1 is 1.37 bits per heavy atom. The van der Waals surface area contributed by atoms with E-state index in [-0.39, 0.29) is 30.0 Å². The van der Waals surface area contributed by atoms with Crippen molar-refractivity contribution in [1.29, 1.82) is 0 Å². The molecule has 0 bridgehead atoms. The molecule has 0 saturated carbocycles. The number of amides is 1. The molecule has 0 saturated heterocycles. The zero-order valence-corrected chi connectivity index (χ0v) is 11.5. The van der Waals surface area contributed by atoms with Gasteiger partial charge in [0.1, 0.15) is 11.6 Å². The molecular weight excluding hydrogens is 250 g/mol. The first-order valence-electron chi connectivity index (χ1n) is 6.19. The molecule has 0 radical (unpaired) electrons. The topological polar surface area (TPSA) is 55.1 Å². The lowest BCUT2D eigenvalue weighted by atomic mass is 9.96. The fraction of sp³-hybridized carbons (Fsp3) is 0.500. The minimum Gasteiger partial charge on any atom is -0.351 e. The molecule has 1 atom stereocenters. The molecule has 0 aliphatic carbocycles. The second-order valence-electron chi connectivity index (χ2n) is 5.61. The number of carbonyl (C=O) groups is 1. The van der Waals surface area contributed by atoms with Gasteiger partial charge in [-0.3, -0.25) is 4.79 Å². The highest BCUT2D eigenvalue weighted by atomic mass is 19.1. The fourth-order valence-corrected chi connectivity index (χ4v) is 1.72. The van der Waals surface area contributed by atoms with Gasteiger partial charge in [-0.05, 0) is 51.0 Å². The van der Waals surface area contributed by atoms with E-state index in [1.54, 1.807) is 0 Å². The Balaban J connectivity index is 2.82. The van der Waals surface area contributed by atoms with Gasteiger partial charge in [0.15, 0.2) is 0 Å². The van der Waals surface area contributed by atoms with E-state index in [4.69, 9.17) is 5.73 Å². The van der Waals surface area contributed by atoms with Gasteiger partial charge in [0.05, 0.1) is 5.92 Å². The summed E-state index contributed by atoms with van der Waals surface area (Å²) in [6.07, 6.45) is 0.0853. The predicted octanol–water partition coefficient (Wildman–Crippen LogP) is 2.00. The maximum Gasteiger partial charge on any atom is 0.225 e. The zero-order chi connectivity index (χ0) is 14.6. The maximum atomic E-state index is 13.5.